The Bertz CT molecular complexity index is 802. The van der Waals surface area contributed by atoms with E-state index in [1.165, 1.54) is 6.42 Å². The lowest BCUT2D eigenvalue weighted by Gasteiger charge is -2.28. The first-order valence-electron chi connectivity index (χ1n) is 9.53. The van der Waals surface area contributed by atoms with Crippen molar-refractivity contribution in [3.8, 4) is 5.88 Å². The van der Waals surface area contributed by atoms with Crippen molar-refractivity contribution < 1.29 is 14.1 Å². The molecular weight excluding hydrogens is 330 g/mol. The monoisotopic (exact) mass is 353 g/mol. The lowest BCUT2D eigenvalue weighted by Crippen LogP contribution is -2.35. The van der Waals surface area contributed by atoms with Crippen LogP contribution in [0.1, 0.15) is 54.3 Å². The van der Waals surface area contributed by atoms with Crippen molar-refractivity contribution in [3.05, 3.63) is 41.9 Å². The summed E-state index contributed by atoms with van der Waals surface area (Å²) in [7, 11) is 0. The predicted molar refractivity (Wildman–Crippen MR) is 93.9 cm³/mol. The number of amides is 1. The number of carbonyl (C=O) groups excluding carboxylic acids is 1. The van der Waals surface area contributed by atoms with E-state index in [1.54, 1.807) is 6.20 Å². The van der Waals surface area contributed by atoms with E-state index < -0.39 is 0 Å². The number of hydrogen-bond acceptors (Lipinski definition) is 5. The molecule has 2 saturated carbocycles. The summed E-state index contributed by atoms with van der Waals surface area (Å²) in [5.41, 5.74) is 0.489. The summed E-state index contributed by atoms with van der Waals surface area (Å²) in [6.07, 6.45) is 7.48. The molecular formula is C20H23N3O3. The molecule has 5 rings (SSSR count). The number of pyridine rings is 1. The van der Waals surface area contributed by atoms with Gasteiger partial charge in [-0.1, -0.05) is 17.6 Å². The molecule has 0 bridgehead atoms. The Hall–Kier alpha value is -2.37. The van der Waals surface area contributed by atoms with E-state index in [0.717, 1.165) is 44.5 Å². The topological polar surface area (TPSA) is 68.5 Å². The van der Waals surface area contributed by atoms with Gasteiger partial charge in [-0.2, -0.15) is 0 Å². The highest BCUT2D eigenvalue weighted by atomic mass is 16.5. The molecule has 3 heterocycles. The largest absolute Gasteiger partial charge is 0.477 e. The molecule has 6 heteroatoms. The molecule has 2 aromatic heterocycles. The van der Waals surface area contributed by atoms with E-state index in [9.17, 15) is 4.79 Å². The SMILES string of the molecule is O=C(c1cc(C2CC2)on1)N1C[C@@H]2CCC[C@]2(COc2ccccn2)C1. The summed E-state index contributed by atoms with van der Waals surface area (Å²) in [5, 5.41) is 4.02. The maximum atomic E-state index is 12.9. The first kappa shape index (κ1) is 15.9. The van der Waals surface area contributed by atoms with Crippen LogP contribution in [-0.2, 0) is 0 Å². The van der Waals surface area contributed by atoms with Crippen LogP contribution in [0.4, 0.5) is 0 Å². The zero-order valence-corrected chi connectivity index (χ0v) is 14.8. The number of fused-ring (bicyclic) bond motifs is 1. The molecule has 2 aromatic rings. The first-order chi connectivity index (χ1) is 12.7. The third-order valence-corrected chi connectivity index (χ3v) is 6.20. The highest BCUT2D eigenvalue weighted by Gasteiger charge is 2.51. The third-order valence-electron chi connectivity index (χ3n) is 6.20. The lowest BCUT2D eigenvalue weighted by atomic mass is 9.81. The molecule has 1 saturated heterocycles. The van der Waals surface area contributed by atoms with Crippen molar-refractivity contribution in [1.82, 2.24) is 15.0 Å². The number of hydrogen-bond donors (Lipinski definition) is 0. The van der Waals surface area contributed by atoms with Crippen LogP contribution in [0.3, 0.4) is 0 Å². The van der Waals surface area contributed by atoms with Crippen LogP contribution in [0.25, 0.3) is 0 Å². The lowest BCUT2D eigenvalue weighted by molar-refractivity contribution is 0.0734. The van der Waals surface area contributed by atoms with Crippen LogP contribution in [0.2, 0.25) is 0 Å². The Morgan fingerprint density at radius 3 is 3.08 bits per heavy atom. The Labute approximate surface area is 152 Å². The van der Waals surface area contributed by atoms with Gasteiger partial charge in [-0.3, -0.25) is 4.79 Å². The quantitative estimate of drug-likeness (QED) is 0.825. The van der Waals surface area contributed by atoms with Gasteiger partial charge < -0.3 is 14.2 Å². The summed E-state index contributed by atoms with van der Waals surface area (Å²) in [5.74, 6) is 2.47. The van der Waals surface area contributed by atoms with Gasteiger partial charge in [0.2, 0.25) is 5.88 Å². The fraction of sp³-hybridized carbons (Fsp3) is 0.550. The van der Waals surface area contributed by atoms with Crippen molar-refractivity contribution >= 4 is 5.91 Å². The van der Waals surface area contributed by atoms with E-state index in [1.807, 2.05) is 29.2 Å². The number of ether oxygens (including phenoxy) is 1. The molecule has 1 amide bonds. The van der Waals surface area contributed by atoms with E-state index in [2.05, 4.69) is 10.1 Å². The smallest absolute Gasteiger partial charge is 0.276 e. The maximum Gasteiger partial charge on any atom is 0.276 e. The molecule has 136 valence electrons. The summed E-state index contributed by atoms with van der Waals surface area (Å²) < 4.78 is 11.4. The standard InChI is InChI=1S/C20H23N3O3/c24-19(16-10-17(26-22-16)14-6-7-14)23-11-15-4-3-8-20(15,12-23)13-25-18-5-1-2-9-21-18/h1-2,5,9-10,14-15H,3-4,6-8,11-13H2/t15-,20+/m0/s1. The zero-order chi connectivity index (χ0) is 17.6. The second kappa shape index (κ2) is 6.11. The predicted octanol–water partition coefficient (Wildman–Crippen LogP) is 3.27. The van der Waals surface area contributed by atoms with Crippen LogP contribution >= 0.6 is 0 Å². The average Bonchev–Trinajstić information content (AvgIpc) is 3.12. The van der Waals surface area contributed by atoms with Crippen LogP contribution < -0.4 is 4.74 Å². The van der Waals surface area contributed by atoms with Crippen molar-refractivity contribution in [2.24, 2.45) is 11.3 Å². The van der Waals surface area contributed by atoms with Gasteiger partial charge in [-0.25, -0.2) is 4.98 Å². The molecule has 0 unspecified atom stereocenters. The fourth-order valence-electron chi connectivity index (χ4n) is 4.57. The zero-order valence-electron chi connectivity index (χ0n) is 14.8. The Morgan fingerprint density at radius 2 is 2.27 bits per heavy atom. The molecule has 0 aromatic carbocycles. The molecule has 0 radical (unpaired) electrons. The van der Waals surface area contributed by atoms with E-state index >= 15 is 0 Å². The van der Waals surface area contributed by atoms with Gasteiger partial charge in [0.1, 0.15) is 5.76 Å². The van der Waals surface area contributed by atoms with Gasteiger partial charge in [0.15, 0.2) is 5.69 Å². The highest BCUT2D eigenvalue weighted by molar-refractivity contribution is 5.92. The van der Waals surface area contributed by atoms with Crippen molar-refractivity contribution in [3.63, 3.8) is 0 Å². The Balaban J connectivity index is 1.29. The van der Waals surface area contributed by atoms with Crippen LogP contribution in [-0.4, -0.2) is 40.6 Å². The van der Waals surface area contributed by atoms with Gasteiger partial charge in [0.05, 0.1) is 6.61 Å². The van der Waals surface area contributed by atoms with E-state index in [0.29, 0.717) is 30.0 Å². The Kier molecular flexibility index (Phi) is 3.72. The summed E-state index contributed by atoms with van der Waals surface area (Å²) in [6, 6.07) is 7.53. The maximum absolute atomic E-state index is 12.9. The molecule has 0 N–H and O–H groups in total. The van der Waals surface area contributed by atoms with Crippen LogP contribution in [0, 0.1) is 11.3 Å². The molecule has 1 aliphatic heterocycles. The van der Waals surface area contributed by atoms with E-state index in [4.69, 9.17) is 9.26 Å². The number of likely N-dealkylation sites (tertiary alicyclic amines) is 1. The number of carbonyl (C=O) groups is 1. The first-order valence-corrected chi connectivity index (χ1v) is 9.53. The summed E-state index contributed by atoms with van der Waals surface area (Å²) >= 11 is 0. The highest BCUT2D eigenvalue weighted by Crippen LogP contribution is 2.49. The number of nitrogens with zero attached hydrogens (tertiary/aromatic N) is 3. The molecule has 2 atom stereocenters. The summed E-state index contributed by atoms with van der Waals surface area (Å²) in [6.45, 7) is 2.13. The summed E-state index contributed by atoms with van der Waals surface area (Å²) in [4.78, 5) is 19.1. The molecule has 3 aliphatic rings. The Morgan fingerprint density at radius 1 is 1.35 bits per heavy atom. The van der Waals surface area contributed by atoms with Crippen LogP contribution in [0.15, 0.2) is 35.0 Å². The van der Waals surface area contributed by atoms with Gasteiger partial charge >= 0.3 is 0 Å². The van der Waals surface area contributed by atoms with Crippen LogP contribution in [0.5, 0.6) is 5.88 Å². The molecule has 6 nitrogen and oxygen atoms in total. The molecule has 2 aliphatic carbocycles. The fourth-order valence-corrected chi connectivity index (χ4v) is 4.57. The van der Waals surface area contributed by atoms with Crippen molar-refractivity contribution in [2.75, 3.05) is 19.7 Å². The van der Waals surface area contributed by atoms with Gasteiger partial charge in [-0.05, 0) is 37.7 Å². The van der Waals surface area contributed by atoms with Crippen molar-refractivity contribution in [2.45, 2.75) is 38.0 Å². The minimum Gasteiger partial charge on any atom is -0.477 e. The molecule has 3 fully saturated rings. The molecule has 0 spiro atoms. The second-order valence-electron chi connectivity index (χ2n) is 7.98. The minimum absolute atomic E-state index is 0.00717. The normalized spacial score (nSPS) is 27.5. The van der Waals surface area contributed by atoms with Crippen molar-refractivity contribution in [1.29, 1.82) is 0 Å². The number of rotatable bonds is 5. The number of aromatic nitrogens is 2. The average molecular weight is 353 g/mol. The van der Waals surface area contributed by atoms with E-state index in [-0.39, 0.29) is 11.3 Å². The minimum atomic E-state index is -0.00717. The van der Waals surface area contributed by atoms with Gasteiger partial charge in [-0.15, -0.1) is 0 Å². The molecule has 26 heavy (non-hydrogen) atoms. The van der Waals surface area contributed by atoms with Gasteiger partial charge in [0, 0.05) is 42.8 Å². The van der Waals surface area contributed by atoms with Gasteiger partial charge in [0.25, 0.3) is 5.91 Å². The third kappa shape index (κ3) is 2.77. The second-order valence-corrected chi connectivity index (χ2v) is 7.98.